The smallest absolute Gasteiger partial charge is 0.340 e. The van der Waals surface area contributed by atoms with E-state index in [9.17, 15) is 9.59 Å². The maximum absolute atomic E-state index is 12.0. The minimum Gasteiger partial charge on any atom is -0.478 e. The molecule has 0 saturated heterocycles. The Labute approximate surface area is 103 Å². The molecule has 2 heterocycles. The van der Waals surface area contributed by atoms with Gasteiger partial charge in [0.05, 0.1) is 17.3 Å². The Morgan fingerprint density at radius 2 is 2.11 bits per heavy atom. The molecule has 2 atom stereocenters. The van der Waals surface area contributed by atoms with Gasteiger partial charge in [0.1, 0.15) is 5.57 Å². The molecule has 0 aromatic heterocycles. The summed E-state index contributed by atoms with van der Waals surface area (Å²) in [5, 5.41) is 8.91. The van der Waals surface area contributed by atoms with Crippen LogP contribution in [-0.2, 0) is 9.59 Å². The summed E-state index contributed by atoms with van der Waals surface area (Å²) in [6.45, 7) is 0. The fraction of sp³-hybridized carbons (Fsp3) is 0.231. The summed E-state index contributed by atoms with van der Waals surface area (Å²) in [7, 11) is 0. The van der Waals surface area contributed by atoms with E-state index < -0.39 is 17.7 Å². The van der Waals surface area contributed by atoms with E-state index in [-0.39, 0.29) is 11.5 Å². The second-order valence-corrected chi connectivity index (χ2v) is 4.33. The Kier molecular flexibility index (Phi) is 2.33. The summed E-state index contributed by atoms with van der Waals surface area (Å²) in [6.07, 6.45) is 9.28. The summed E-state index contributed by atoms with van der Waals surface area (Å²) >= 11 is 0. The molecule has 0 aromatic carbocycles. The van der Waals surface area contributed by atoms with Gasteiger partial charge in [0.2, 0.25) is 0 Å². The molecule has 3 aliphatic rings. The quantitative estimate of drug-likeness (QED) is 0.553. The molecule has 0 aromatic rings. The zero-order valence-corrected chi connectivity index (χ0v) is 9.41. The van der Waals surface area contributed by atoms with Crippen LogP contribution in [0.1, 0.15) is 6.42 Å². The van der Waals surface area contributed by atoms with E-state index in [2.05, 4.69) is 9.98 Å². The first kappa shape index (κ1) is 10.8. The molecule has 0 radical (unpaired) electrons. The molecule has 1 N–H and O–H groups in total. The maximum Gasteiger partial charge on any atom is 0.340 e. The molecule has 3 rings (SSSR count). The third kappa shape index (κ3) is 1.48. The lowest BCUT2D eigenvalue weighted by Crippen LogP contribution is -2.40. The molecular formula is C13H10N2O3. The Morgan fingerprint density at radius 1 is 1.28 bits per heavy atom. The number of aliphatic carboxylic acids is 1. The number of carboxylic acids is 1. The van der Waals surface area contributed by atoms with Gasteiger partial charge < -0.3 is 5.11 Å². The monoisotopic (exact) mass is 242 g/mol. The first-order valence-corrected chi connectivity index (χ1v) is 5.65. The number of hydrogen-bond acceptors (Lipinski definition) is 4. The van der Waals surface area contributed by atoms with Crippen LogP contribution in [0, 0.1) is 11.8 Å². The first-order chi connectivity index (χ1) is 8.68. The Hall–Kier alpha value is -2.30. The van der Waals surface area contributed by atoms with E-state index in [1.54, 1.807) is 12.3 Å². The van der Waals surface area contributed by atoms with Crippen molar-refractivity contribution >= 4 is 23.2 Å². The van der Waals surface area contributed by atoms with Gasteiger partial charge in [-0.05, 0) is 6.42 Å². The molecule has 0 bridgehead atoms. The SMILES string of the molecule is O=C(O)C1=CN=C2C3=NC=CC[C@@H]3C=C[C@@H]2C1=O. The number of nitrogens with zero attached hydrogens (tertiary/aromatic N) is 2. The molecular weight excluding hydrogens is 232 g/mol. The highest BCUT2D eigenvalue weighted by Gasteiger charge is 2.38. The van der Waals surface area contributed by atoms with Crippen LogP contribution in [0.25, 0.3) is 0 Å². The van der Waals surface area contributed by atoms with E-state index >= 15 is 0 Å². The van der Waals surface area contributed by atoms with Crippen molar-refractivity contribution in [2.75, 3.05) is 0 Å². The van der Waals surface area contributed by atoms with Crippen molar-refractivity contribution in [1.82, 2.24) is 0 Å². The Morgan fingerprint density at radius 3 is 2.89 bits per heavy atom. The third-order valence-electron chi connectivity index (χ3n) is 3.26. The topological polar surface area (TPSA) is 79.1 Å². The molecule has 5 nitrogen and oxygen atoms in total. The normalized spacial score (nSPS) is 28.9. The van der Waals surface area contributed by atoms with Crippen LogP contribution in [0.4, 0.5) is 0 Å². The number of carbonyl (C=O) groups excluding carboxylic acids is 1. The van der Waals surface area contributed by atoms with Crippen LogP contribution in [0.5, 0.6) is 0 Å². The maximum atomic E-state index is 12.0. The lowest BCUT2D eigenvalue weighted by molar-refractivity contribution is -0.134. The number of ketones is 1. The number of hydrogen-bond donors (Lipinski definition) is 1. The predicted molar refractivity (Wildman–Crippen MR) is 65.5 cm³/mol. The molecule has 0 spiro atoms. The predicted octanol–water partition coefficient (Wildman–Crippen LogP) is 1.14. The van der Waals surface area contributed by atoms with Gasteiger partial charge in [-0.25, -0.2) is 4.79 Å². The number of Topliss-reactive ketones (excluding diaryl/α,β-unsaturated/α-hetero) is 1. The average molecular weight is 242 g/mol. The molecule has 0 fully saturated rings. The van der Waals surface area contributed by atoms with E-state index in [0.29, 0.717) is 5.71 Å². The second kappa shape index (κ2) is 3.87. The average Bonchev–Trinajstić information content (AvgIpc) is 2.38. The molecule has 2 aliphatic heterocycles. The summed E-state index contributed by atoms with van der Waals surface area (Å²) in [5.41, 5.74) is 1.10. The zero-order chi connectivity index (χ0) is 12.7. The fourth-order valence-electron chi connectivity index (χ4n) is 2.35. The van der Waals surface area contributed by atoms with Gasteiger partial charge >= 0.3 is 5.97 Å². The van der Waals surface area contributed by atoms with Crippen molar-refractivity contribution in [3.05, 3.63) is 36.2 Å². The third-order valence-corrected chi connectivity index (χ3v) is 3.26. The minimum absolute atomic E-state index is 0.151. The molecule has 0 saturated carbocycles. The van der Waals surface area contributed by atoms with Crippen molar-refractivity contribution in [1.29, 1.82) is 0 Å². The molecule has 5 heteroatoms. The first-order valence-electron chi connectivity index (χ1n) is 5.65. The van der Waals surface area contributed by atoms with Crippen molar-refractivity contribution in [3.8, 4) is 0 Å². The molecule has 0 amide bonds. The number of carboxylic acid groups (broad SMARTS) is 1. The van der Waals surface area contributed by atoms with Crippen LogP contribution in [0.2, 0.25) is 0 Å². The second-order valence-electron chi connectivity index (χ2n) is 4.33. The lowest BCUT2D eigenvalue weighted by atomic mass is 9.78. The van der Waals surface area contributed by atoms with Crippen LogP contribution < -0.4 is 0 Å². The lowest BCUT2D eigenvalue weighted by Gasteiger charge is -2.28. The van der Waals surface area contributed by atoms with Gasteiger partial charge in [-0.15, -0.1) is 0 Å². The highest BCUT2D eigenvalue weighted by atomic mass is 16.4. The highest BCUT2D eigenvalue weighted by Crippen LogP contribution is 2.28. The van der Waals surface area contributed by atoms with Crippen LogP contribution >= 0.6 is 0 Å². The van der Waals surface area contributed by atoms with Crippen molar-refractivity contribution in [3.63, 3.8) is 0 Å². The number of carbonyl (C=O) groups is 2. The van der Waals surface area contributed by atoms with Crippen molar-refractivity contribution < 1.29 is 14.7 Å². The van der Waals surface area contributed by atoms with Crippen LogP contribution in [0.3, 0.4) is 0 Å². The Balaban J connectivity index is 2.10. The number of aliphatic imine (C=N–C) groups is 2. The Bertz CT molecular complexity index is 593. The molecule has 90 valence electrons. The summed E-state index contributed by atoms with van der Waals surface area (Å²) in [6, 6.07) is 0. The van der Waals surface area contributed by atoms with Gasteiger partial charge in [0, 0.05) is 18.3 Å². The molecule has 0 unspecified atom stereocenters. The van der Waals surface area contributed by atoms with Gasteiger partial charge in [0.25, 0.3) is 0 Å². The van der Waals surface area contributed by atoms with Crippen molar-refractivity contribution in [2.24, 2.45) is 21.8 Å². The highest BCUT2D eigenvalue weighted by molar-refractivity contribution is 6.51. The fourth-order valence-corrected chi connectivity index (χ4v) is 2.35. The number of allylic oxidation sites excluding steroid dienone is 3. The van der Waals surface area contributed by atoms with E-state index in [0.717, 1.165) is 18.3 Å². The summed E-state index contributed by atoms with van der Waals surface area (Å²) in [4.78, 5) is 31.3. The molecule has 1 aliphatic carbocycles. The van der Waals surface area contributed by atoms with Gasteiger partial charge in [0.15, 0.2) is 5.78 Å². The van der Waals surface area contributed by atoms with Crippen LogP contribution in [-0.4, -0.2) is 28.3 Å². The van der Waals surface area contributed by atoms with Gasteiger partial charge in [-0.3, -0.25) is 14.8 Å². The minimum atomic E-state index is -1.23. The van der Waals surface area contributed by atoms with E-state index in [1.807, 2.05) is 12.2 Å². The summed E-state index contributed by atoms with van der Waals surface area (Å²) in [5.74, 6) is -2.09. The van der Waals surface area contributed by atoms with Crippen LogP contribution in [0.15, 0.2) is 46.2 Å². The summed E-state index contributed by atoms with van der Waals surface area (Å²) < 4.78 is 0. The van der Waals surface area contributed by atoms with Gasteiger partial charge in [-0.2, -0.15) is 0 Å². The zero-order valence-electron chi connectivity index (χ0n) is 9.41. The van der Waals surface area contributed by atoms with E-state index in [1.165, 1.54) is 0 Å². The van der Waals surface area contributed by atoms with Crippen molar-refractivity contribution in [2.45, 2.75) is 6.42 Å². The van der Waals surface area contributed by atoms with Gasteiger partial charge in [-0.1, -0.05) is 18.2 Å². The molecule has 18 heavy (non-hydrogen) atoms. The standard InChI is InChI=1S/C13H10N2O3/c16-12-8-4-3-7-2-1-5-14-10(7)11(8)15-6-9(12)13(17)18/h1,3-8H,2H2,(H,17,18)/t7-,8+/m1/s1. The number of fused-ring (bicyclic) bond motifs is 3. The van der Waals surface area contributed by atoms with E-state index in [4.69, 9.17) is 5.11 Å². The number of rotatable bonds is 1. The largest absolute Gasteiger partial charge is 0.478 e.